The van der Waals surface area contributed by atoms with Crippen LogP contribution in [0.4, 0.5) is 16.4 Å². The van der Waals surface area contributed by atoms with Crippen molar-refractivity contribution < 1.29 is 9.53 Å². The Morgan fingerprint density at radius 1 is 1.21 bits per heavy atom. The number of nitrogens with one attached hydrogen (secondary N) is 1. The highest BCUT2D eigenvalue weighted by molar-refractivity contribution is 5.80. The van der Waals surface area contributed by atoms with Gasteiger partial charge in [-0.15, -0.1) is 0 Å². The summed E-state index contributed by atoms with van der Waals surface area (Å²) in [6, 6.07) is 8.54. The molecule has 1 saturated heterocycles. The number of carbonyl (C=O) groups excluding carboxylic acids is 1. The third-order valence-corrected chi connectivity index (χ3v) is 5.32. The second-order valence-corrected chi connectivity index (χ2v) is 9.15. The van der Waals surface area contributed by atoms with E-state index in [2.05, 4.69) is 10.2 Å². The Kier molecular flexibility index (Phi) is 5.23. The van der Waals surface area contributed by atoms with Crippen molar-refractivity contribution in [3.8, 4) is 0 Å². The molecule has 1 amide bonds. The highest BCUT2D eigenvalue weighted by Crippen LogP contribution is 2.31. The number of likely N-dealkylation sites (tertiary alicyclic amines) is 1. The Bertz CT molecular complexity index is 890. The Morgan fingerprint density at radius 2 is 1.90 bits per heavy atom. The topological polar surface area (TPSA) is 70.6 Å². The van der Waals surface area contributed by atoms with Gasteiger partial charge < -0.3 is 19.9 Å². The lowest BCUT2D eigenvalue weighted by atomic mass is 10.2. The number of ether oxygens (including phenoxy) is 1. The summed E-state index contributed by atoms with van der Waals surface area (Å²) in [5.74, 6) is 1.67. The first-order valence-electron chi connectivity index (χ1n) is 10.5. The predicted octanol–water partition coefficient (Wildman–Crippen LogP) is 4.04. The zero-order valence-corrected chi connectivity index (χ0v) is 17.8. The van der Waals surface area contributed by atoms with Crippen LogP contribution in [-0.2, 0) is 4.74 Å². The number of nitrogens with zero attached hydrogens (tertiary/aromatic N) is 4. The van der Waals surface area contributed by atoms with E-state index in [1.807, 2.05) is 57.0 Å². The summed E-state index contributed by atoms with van der Waals surface area (Å²) in [6.45, 7) is 7.16. The molecule has 1 aliphatic heterocycles. The summed E-state index contributed by atoms with van der Waals surface area (Å²) >= 11 is 0. The summed E-state index contributed by atoms with van der Waals surface area (Å²) in [7, 11) is 2.03. The van der Waals surface area contributed by atoms with E-state index in [4.69, 9.17) is 14.7 Å². The van der Waals surface area contributed by atoms with Crippen LogP contribution in [0.1, 0.15) is 46.5 Å². The van der Waals surface area contributed by atoms with E-state index in [1.54, 1.807) is 0 Å². The van der Waals surface area contributed by atoms with Gasteiger partial charge in [0.2, 0.25) is 0 Å². The van der Waals surface area contributed by atoms with Crippen molar-refractivity contribution in [1.82, 2.24) is 14.9 Å². The van der Waals surface area contributed by atoms with Crippen molar-refractivity contribution >= 4 is 28.8 Å². The molecule has 2 aromatic rings. The zero-order chi connectivity index (χ0) is 20.6. The van der Waals surface area contributed by atoms with E-state index >= 15 is 0 Å². The number of fused-ring (bicyclic) bond motifs is 1. The van der Waals surface area contributed by atoms with Gasteiger partial charge in [-0.3, -0.25) is 0 Å². The molecular weight excluding hydrogens is 366 g/mol. The van der Waals surface area contributed by atoms with E-state index in [1.165, 1.54) is 12.8 Å². The van der Waals surface area contributed by atoms with Crippen LogP contribution in [0.5, 0.6) is 0 Å². The number of aromatic nitrogens is 2. The first-order valence-corrected chi connectivity index (χ1v) is 10.5. The van der Waals surface area contributed by atoms with Crippen molar-refractivity contribution in [1.29, 1.82) is 0 Å². The molecule has 2 heterocycles. The highest BCUT2D eigenvalue weighted by Gasteiger charge is 2.33. The fourth-order valence-electron chi connectivity index (χ4n) is 3.76. The zero-order valence-electron chi connectivity index (χ0n) is 17.8. The van der Waals surface area contributed by atoms with E-state index in [0.717, 1.165) is 42.1 Å². The van der Waals surface area contributed by atoms with Gasteiger partial charge in [-0.25, -0.2) is 14.8 Å². The summed E-state index contributed by atoms with van der Waals surface area (Å²) in [5, 5.41) is 3.53. The van der Waals surface area contributed by atoms with Crippen LogP contribution in [0.3, 0.4) is 0 Å². The molecular formula is C22H31N5O2. The number of amides is 1. The normalized spacial score (nSPS) is 19.4. The summed E-state index contributed by atoms with van der Waals surface area (Å²) in [5.41, 5.74) is 1.29. The molecule has 0 bridgehead atoms. The van der Waals surface area contributed by atoms with Gasteiger partial charge >= 0.3 is 6.09 Å². The molecule has 1 N–H and O–H groups in total. The van der Waals surface area contributed by atoms with Gasteiger partial charge in [0.15, 0.2) is 11.6 Å². The first-order chi connectivity index (χ1) is 13.8. The molecule has 1 saturated carbocycles. The molecule has 2 aliphatic rings. The van der Waals surface area contributed by atoms with Crippen LogP contribution in [0.2, 0.25) is 0 Å². The smallest absolute Gasteiger partial charge is 0.410 e. The van der Waals surface area contributed by atoms with E-state index in [9.17, 15) is 4.79 Å². The van der Waals surface area contributed by atoms with Crippen LogP contribution in [-0.4, -0.2) is 58.8 Å². The fraction of sp³-hybridized carbons (Fsp3) is 0.591. The molecule has 7 heteroatoms. The monoisotopic (exact) mass is 397 g/mol. The minimum Gasteiger partial charge on any atom is -0.444 e. The molecule has 1 aromatic heterocycles. The number of rotatable bonds is 5. The first kappa shape index (κ1) is 19.7. The maximum atomic E-state index is 12.6. The van der Waals surface area contributed by atoms with Gasteiger partial charge in [0, 0.05) is 26.2 Å². The molecule has 4 rings (SSSR count). The van der Waals surface area contributed by atoms with Gasteiger partial charge in [-0.1, -0.05) is 12.1 Å². The highest BCUT2D eigenvalue weighted by atomic mass is 16.6. The van der Waals surface area contributed by atoms with E-state index < -0.39 is 5.60 Å². The molecule has 1 aromatic carbocycles. The fourth-order valence-corrected chi connectivity index (χ4v) is 3.76. The lowest BCUT2D eigenvalue weighted by molar-refractivity contribution is 0.0232. The van der Waals surface area contributed by atoms with Crippen LogP contribution >= 0.6 is 0 Å². The minimum absolute atomic E-state index is 0.108. The molecule has 1 aliphatic carbocycles. The molecule has 29 heavy (non-hydrogen) atoms. The summed E-state index contributed by atoms with van der Waals surface area (Å²) < 4.78 is 5.61. The van der Waals surface area contributed by atoms with Crippen LogP contribution < -0.4 is 10.2 Å². The van der Waals surface area contributed by atoms with Crippen molar-refractivity contribution in [3.63, 3.8) is 0 Å². The number of benzene rings is 1. The van der Waals surface area contributed by atoms with E-state index in [0.29, 0.717) is 12.6 Å². The number of likely N-dealkylation sites (N-methyl/N-ethyl adjacent to an activating group) is 1. The third kappa shape index (κ3) is 4.71. The number of para-hydroxylation sites is 2. The second kappa shape index (κ2) is 7.69. The maximum absolute atomic E-state index is 12.6. The number of hydrogen-bond acceptors (Lipinski definition) is 6. The Labute approximate surface area is 172 Å². The SMILES string of the molecule is CN(C[C@@H]1CCCN1C(=O)OC(C)(C)C)c1nc2ccccc2nc1NC1CC1. The Morgan fingerprint density at radius 3 is 2.55 bits per heavy atom. The van der Waals surface area contributed by atoms with Gasteiger partial charge in [0.25, 0.3) is 0 Å². The third-order valence-electron chi connectivity index (χ3n) is 5.32. The van der Waals surface area contributed by atoms with Gasteiger partial charge in [-0.05, 0) is 58.6 Å². The Balaban J connectivity index is 1.54. The summed E-state index contributed by atoms with van der Waals surface area (Å²) in [6.07, 6.45) is 4.08. The van der Waals surface area contributed by atoms with Crippen molar-refractivity contribution in [2.45, 2.75) is 64.1 Å². The van der Waals surface area contributed by atoms with Crippen molar-refractivity contribution in [2.24, 2.45) is 0 Å². The second-order valence-electron chi connectivity index (χ2n) is 9.15. The van der Waals surface area contributed by atoms with Crippen molar-refractivity contribution in [3.05, 3.63) is 24.3 Å². The number of hydrogen-bond donors (Lipinski definition) is 1. The van der Waals surface area contributed by atoms with Crippen LogP contribution in [0.25, 0.3) is 11.0 Å². The van der Waals surface area contributed by atoms with Crippen molar-refractivity contribution in [2.75, 3.05) is 30.4 Å². The Hall–Kier alpha value is -2.57. The molecule has 0 spiro atoms. The van der Waals surface area contributed by atoms with Crippen LogP contribution in [0, 0.1) is 0 Å². The maximum Gasteiger partial charge on any atom is 0.410 e. The number of anilines is 2. The van der Waals surface area contributed by atoms with Gasteiger partial charge in [0.1, 0.15) is 5.60 Å². The molecule has 156 valence electrons. The number of carbonyl (C=O) groups is 1. The van der Waals surface area contributed by atoms with Gasteiger partial charge in [0.05, 0.1) is 17.1 Å². The van der Waals surface area contributed by atoms with Gasteiger partial charge in [-0.2, -0.15) is 0 Å². The average molecular weight is 398 g/mol. The largest absolute Gasteiger partial charge is 0.444 e. The summed E-state index contributed by atoms with van der Waals surface area (Å²) in [4.78, 5) is 26.3. The van der Waals surface area contributed by atoms with E-state index in [-0.39, 0.29) is 12.1 Å². The average Bonchev–Trinajstić information content (AvgIpc) is 3.34. The molecule has 1 atom stereocenters. The molecule has 7 nitrogen and oxygen atoms in total. The quantitative estimate of drug-likeness (QED) is 0.821. The minimum atomic E-state index is -0.485. The lowest BCUT2D eigenvalue weighted by Gasteiger charge is -2.31. The lowest BCUT2D eigenvalue weighted by Crippen LogP contribution is -2.44. The van der Waals surface area contributed by atoms with Crippen LogP contribution in [0.15, 0.2) is 24.3 Å². The molecule has 2 fully saturated rings. The molecule has 0 radical (unpaired) electrons. The predicted molar refractivity (Wildman–Crippen MR) is 115 cm³/mol. The molecule has 0 unspecified atom stereocenters. The standard InChI is InChI=1S/C22H31N5O2/c1-22(2,3)29-21(28)27-13-7-8-16(27)14-26(4)20-19(23-15-11-12-15)24-17-9-5-6-10-18(17)25-20/h5-6,9-10,15-16H,7-8,11-14H2,1-4H3,(H,23,24)/t16-/m0/s1.